The molecule has 1 heterocycles. The van der Waals surface area contributed by atoms with Crippen LogP contribution in [-0.4, -0.2) is 57.6 Å². The molecule has 2 N–H and O–H groups in total. The lowest BCUT2D eigenvalue weighted by atomic mass is 10.1. The number of ether oxygens (including phenoxy) is 1. The average Bonchev–Trinajstić information content (AvgIpc) is 3.00. The molecular formula is C17H22N2O5S. The maximum absolute atomic E-state index is 12.8. The van der Waals surface area contributed by atoms with Crippen molar-refractivity contribution >= 4 is 29.5 Å². The summed E-state index contributed by atoms with van der Waals surface area (Å²) in [6.07, 6.45) is 0. The molecule has 8 heteroatoms. The van der Waals surface area contributed by atoms with E-state index >= 15 is 0 Å². The summed E-state index contributed by atoms with van der Waals surface area (Å²) >= 11 is 1.52. The van der Waals surface area contributed by atoms with Gasteiger partial charge in [0.05, 0.1) is 5.88 Å². The first-order chi connectivity index (χ1) is 11.7. The highest BCUT2D eigenvalue weighted by Gasteiger charge is 2.36. The third kappa shape index (κ3) is 5.38. The van der Waals surface area contributed by atoms with E-state index in [-0.39, 0.29) is 17.4 Å². The lowest BCUT2D eigenvalue weighted by molar-refractivity contribution is -0.139. The zero-order chi connectivity index (χ0) is 18.6. The summed E-state index contributed by atoms with van der Waals surface area (Å²) in [6, 6.07) is 5.80. The molecule has 2 amide bonds. The molecule has 136 valence electrons. The number of carboxylic acid groups (broad SMARTS) is 1. The number of aliphatic carboxylic acids is 1. The number of thioether (sulfide) groups is 1. The summed E-state index contributed by atoms with van der Waals surface area (Å²) < 4.78 is 5.11. The molecule has 0 saturated carbocycles. The van der Waals surface area contributed by atoms with Crippen LogP contribution in [0.3, 0.4) is 0 Å². The number of hydrogen-bond acceptors (Lipinski definition) is 5. The Hall–Kier alpha value is -2.22. The molecule has 0 aliphatic carbocycles. The van der Waals surface area contributed by atoms with E-state index in [0.29, 0.717) is 22.9 Å². The summed E-state index contributed by atoms with van der Waals surface area (Å²) in [5, 5.41) is 11.6. The highest BCUT2D eigenvalue weighted by atomic mass is 32.2. The first kappa shape index (κ1) is 19.1. The van der Waals surface area contributed by atoms with Gasteiger partial charge < -0.3 is 20.1 Å². The van der Waals surface area contributed by atoms with Gasteiger partial charge in [0.25, 0.3) is 5.91 Å². The molecule has 1 aromatic carbocycles. The standard InChI is InChI=1S/C17H22N2O5S/c1-17(2,3)18-15(22)13-9-25-10-19(13)16(23)11-5-4-6-12(7-11)24-8-14(20)21/h4-7,13H,8-10H2,1-3H3,(H,18,22)(H,20,21). The van der Waals surface area contributed by atoms with Crippen molar-refractivity contribution in [2.75, 3.05) is 18.2 Å². The molecule has 7 nitrogen and oxygen atoms in total. The van der Waals surface area contributed by atoms with Crippen molar-refractivity contribution in [1.82, 2.24) is 10.2 Å². The minimum absolute atomic E-state index is 0.177. The van der Waals surface area contributed by atoms with E-state index in [1.807, 2.05) is 20.8 Å². The Kier molecular flexibility index (Phi) is 5.94. The van der Waals surface area contributed by atoms with Crippen LogP contribution in [0.2, 0.25) is 0 Å². The Labute approximate surface area is 150 Å². The predicted octanol–water partition coefficient (Wildman–Crippen LogP) is 1.58. The van der Waals surface area contributed by atoms with Gasteiger partial charge in [-0.3, -0.25) is 9.59 Å². The van der Waals surface area contributed by atoms with Gasteiger partial charge in [0, 0.05) is 16.9 Å². The molecule has 1 saturated heterocycles. The number of carbonyl (C=O) groups is 3. The van der Waals surface area contributed by atoms with E-state index in [0.717, 1.165) is 0 Å². The first-order valence-corrected chi connectivity index (χ1v) is 8.98. The van der Waals surface area contributed by atoms with E-state index in [9.17, 15) is 14.4 Å². The number of amides is 2. The van der Waals surface area contributed by atoms with Crippen LogP contribution < -0.4 is 10.1 Å². The third-order valence-electron chi connectivity index (χ3n) is 3.39. The van der Waals surface area contributed by atoms with Crippen LogP contribution in [0.15, 0.2) is 24.3 Å². The van der Waals surface area contributed by atoms with Crippen LogP contribution in [-0.2, 0) is 9.59 Å². The second kappa shape index (κ2) is 7.77. The van der Waals surface area contributed by atoms with Crippen LogP contribution in [0.5, 0.6) is 5.75 Å². The molecule has 0 bridgehead atoms. The number of rotatable bonds is 5. The third-order valence-corrected chi connectivity index (χ3v) is 4.40. The average molecular weight is 366 g/mol. The quantitative estimate of drug-likeness (QED) is 0.821. The van der Waals surface area contributed by atoms with Gasteiger partial charge in [-0.05, 0) is 39.0 Å². The zero-order valence-electron chi connectivity index (χ0n) is 14.4. The number of carboxylic acids is 1. The Morgan fingerprint density at radius 1 is 1.36 bits per heavy atom. The number of carbonyl (C=O) groups excluding carboxylic acids is 2. The van der Waals surface area contributed by atoms with Crippen molar-refractivity contribution in [2.45, 2.75) is 32.4 Å². The van der Waals surface area contributed by atoms with Gasteiger partial charge in [0.15, 0.2) is 6.61 Å². The second-order valence-electron chi connectivity index (χ2n) is 6.74. The van der Waals surface area contributed by atoms with Crippen molar-refractivity contribution in [1.29, 1.82) is 0 Å². The summed E-state index contributed by atoms with van der Waals surface area (Å²) in [5.74, 6) is -0.268. The minimum atomic E-state index is -1.09. The molecule has 2 rings (SSSR count). The van der Waals surface area contributed by atoms with E-state index in [4.69, 9.17) is 9.84 Å². The van der Waals surface area contributed by atoms with Crippen molar-refractivity contribution in [3.8, 4) is 5.75 Å². The fraction of sp³-hybridized carbons (Fsp3) is 0.471. The second-order valence-corrected chi connectivity index (χ2v) is 7.74. The Morgan fingerprint density at radius 3 is 2.72 bits per heavy atom. The largest absolute Gasteiger partial charge is 0.482 e. The monoisotopic (exact) mass is 366 g/mol. The van der Waals surface area contributed by atoms with Crippen molar-refractivity contribution in [2.24, 2.45) is 0 Å². The van der Waals surface area contributed by atoms with Crippen LogP contribution in [0, 0.1) is 0 Å². The molecule has 1 atom stereocenters. The van der Waals surface area contributed by atoms with Crippen LogP contribution in [0.1, 0.15) is 31.1 Å². The molecule has 0 aromatic heterocycles. The van der Waals surface area contributed by atoms with Gasteiger partial charge in [-0.15, -0.1) is 11.8 Å². The van der Waals surface area contributed by atoms with Crippen LogP contribution >= 0.6 is 11.8 Å². The summed E-state index contributed by atoms with van der Waals surface area (Å²) in [4.78, 5) is 37.3. The molecule has 1 aromatic rings. The molecule has 1 unspecified atom stereocenters. The number of hydrogen-bond donors (Lipinski definition) is 2. The molecule has 0 spiro atoms. The highest BCUT2D eigenvalue weighted by molar-refractivity contribution is 7.99. The van der Waals surface area contributed by atoms with Gasteiger partial charge in [-0.1, -0.05) is 6.07 Å². The summed E-state index contributed by atoms with van der Waals surface area (Å²) in [6.45, 7) is 5.20. The maximum atomic E-state index is 12.8. The van der Waals surface area contributed by atoms with Gasteiger partial charge in [-0.2, -0.15) is 0 Å². The molecular weight excluding hydrogens is 344 g/mol. The number of nitrogens with zero attached hydrogens (tertiary/aromatic N) is 1. The lowest BCUT2D eigenvalue weighted by Crippen LogP contribution is -2.52. The van der Waals surface area contributed by atoms with Crippen molar-refractivity contribution < 1.29 is 24.2 Å². The van der Waals surface area contributed by atoms with E-state index in [1.54, 1.807) is 18.2 Å². The Morgan fingerprint density at radius 2 is 2.08 bits per heavy atom. The molecule has 0 radical (unpaired) electrons. The lowest BCUT2D eigenvalue weighted by Gasteiger charge is -2.27. The van der Waals surface area contributed by atoms with E-state index in [2.05, 4.69) is 5.32 Å². The van der Waals surface area contributed by atoms with Gasteiger partial charge in [0.2, 0.25) is 5.91 Å². The smallest absolute Gasteiger partial charge is 0.341 e. The van der Waals surface area contributed by atoms with Gasteiger partial charge >= 0.3 is 5.97 Å². The van der Waals surface area contributed by atoms with Crippen LogP contribution in [0.4, 0.5) is 0 Å². The fourth-order valence-corrected chi connectivity index (χ4v) is 3.50. The highest BCUT2D eigenvalue weighted by Crippen LogP contribution is 2.25. The summed E-state index contributed by atoms with van der Waals surface area (Å²) in [7, 11) is 0. The van der Waals surface area contributed by atoms with E-state index in [1.165, 1.54) is 22.7 Å². The summed E-state index contributed by atoms with van der Waals surface area (Å²) in [5.41, 5.74) is -0.0112. The molecule has 1 aliphatic heterocycles. The zero-order valence-corrected chi connectivity index (χ0v) is 15.3. The predicted molar refractivity (Wildman–Crippen MR) is 94.8 cm³/mol. The number of nitrogens with one attached hydrogen (secondary N) is 1. The fourth-order valence-electron chi connectivity index (χ4n) is 2.34. The van der Waals surface area contributed by atoms with Crippen molar-refractivity contribution in [3.63, 3.8) is 0 Å². The van der Waals surface area contributed by atoms with Gasteiger partial charge in [0.1, 0.15) is 11.8 Å². The molecule has 25 heavy (non-hydrogen) atoms. The van der Waals surface area contributed by atoms with E-state index < -0.39 is 18.6 Å². The molecule has 1 aliphatic rings. The minimum Gasteiger partial charge on any atom is -0.482 e. The SMILES string of the molecule is CC(C)(C)NC(=O)C1CSCN1C(=O)c1cccc(OCC(=O)O)c1. The topological polar surface area (TPSA) is 95.9 Å². The Balaban J connectivity index is 2.12. The van der Waals surface area contributed by atoms with Crippen molar-refractivity contribution in [3.05, 3.63) is 29.8 Å². The maximum Gasteiger partial charge on any atom is 0.341 e. The normalized spacial score (nSPS) is 17.2. The number of benzene rings is 1. The molecule has 1 fully saturated rings. The van der Waals surface area contributed by atoms with Gasteiger partial charge in [-0.25, -0.2) is 4.79 Å². The van der Waals surface area contributed by atoms with Crippen LogP contribution in [0.25, 0.3) is 0 Å². The first-order valence-electron chi connectivity index (χ1n) is 7.83. The Bertz CT molecular complexity index is 671.